The van der Waals surface area contributed by atoms with Crippen LogP contribution in [0.4, 0.5) is 0 Å². The molecule has 3 heterocycles. The van der Waals surface area contributed by atoms with Crippen molar-refractivity contribution in [2.24, 2.45) is 11.8 Å². The lowest BCUT2D eigenvalue weighted by Crippen LogP contribution is -2.47. The third-order valence-electron chi connectivity index (χ3n) is 5.14. The maximum absolute atomic E-state index is 11.9. The van der Waals surface area contributed by atoms with Crippen molar-refractivity contribution in [1.29, 1.82) is 0 Å². The van der Waals surface area contributed by atoms with Crippen molar-refractivity contribution >= 4 is 11.8 Å². The summed E-state index contributed by atoms with van der Waals surface area (Å²) in [5.74, 6) is -0.436. The molecule has 0 spiro atoms. The van der Waals surface area contributed by atoms with Crippen molar-refractivity contribution in [3.63, 3.8) is 0 Å². The molecule has 0 saturated carbocycles. The molecule has 1 N–H and O–H groups in total. The number of esters is 1. The van der Waals surface area contributed by atoms with Gasteiger partial charge in [0, 0.05) is 5.92 Å². The molecular weight excluding hydrogens is 248 g/mol. The lowest BCUT2D eigenvalue weighted by Gasteiger charge is -2.35. The zero-order valence-corrected chi connectivity index (χ0v) is 11.3. The zero-order valence-electron chi connectivity index (χ0n) is 11.3. The summed E-state index contributed by atoms with van der Waals surface area (Å²) in [6.45, 7) is 3.39. The third kappa shape index (κ3) is 1.82. The van der Waals surface area contributed by atoms with E-state index in [4.69, 9.17) is 9.47 Å². The Bertz CT molecular complexity index is 420. The first-order valence-electron chi connectivity index (χ1n) is 7.02. The Hall–Kier alpha value is -0.940. The van der Waals surface area contributed by atoms with Crippen LogP contribution in [0.3, 0.4) is 0 Å². The number of ketones is 1. The van der Waals surface area contributed by atoms with E-state index in [2.05, 4.69) is 0 Å². The molecule has 0 aromatic rings. The molecule has 3 saturated heterocycles. The van der Waals surface area contributed by atoms with Gasteiger partial charge >= 0.3 is 5.97 Å². The van der Waals surface area contributed by atoms with Gasteiger partial charge in [-0.2, -0.15) is 0 Å². The Labute approximate surface area is 112 Å². The first-order valence-corrected chi connectivity index (χ1v) is 7.02. The normalized spacial score (nSPS) is 49.2. The Morgan fingerprint density at radius 1 is 1.37 bits per heavy atom. The average Bonchev–Trinajstić information content (AvgIpc) is 2.91. The van der Waals surface area contributed by atoms with Gasteiger partial charge in [-0.05, 0) is 32.6 Å². The van der Waals surface area contributed by atoms with Gasteiger partial charge < -0.3 is 14.6 Å². The highest BCUT2D eigenvalue weighted by atomic mass is 16.6. The van der Waals surface area contributed by atoms with E-state index in [0.29, 0.717) is 25.7 Å². The molecule has 5 nitrogen and oxygen atoms in total. The lowest BCUT2D eigenvalue weighted by atomic mass is 9.80. The van der Waals surface area contributed by atoms with E-state index in [1.54, 1.807) is 6.92 Å². The first-order chi connectivity index (χ1) is 8.94. The van der Waals surface area contributed by atoms with Crippen molar-refractivity contribution in [1.82, 2.24) is 0 Å². The monoisotopic (exact) mass is 268 g/mol. The molecule has 19 heavy (non-hydrogen) atoms. The number of aliphatic hydroxyl groups is 1. The summed E-state index contributed by atoms with van der Waals surface area (Å²) in [6.07, 6.45) is 0.918. The Morgan fingerprint density at radius 2 is 2.05 bits per heavy atom. The topological polar surface area (TPSA) is 72.8 Å². The van der Waals surface area contributed by atoms with Crippen molar-refractivity contribution in [3.8, 4) is 0 Å². The van der Waals surface area contributed by atoms with E-state index in [1.165, 1.54) is 0 Å². The van der Waals surface area contributed by atoms with Gasteiger partial charge in [0.2, 0.25) is 0 Å². The Kier molecular flexibility index (Phi) is 2.94. The summed E-state index contributed by atoms with van der Waals surface area (Å²) >= 11 is 0. The van der Waals surface area contributed by atoms with E-state index in [9.17, 15) is 14.7 Å². The van der Waals surface area contributed by atoms with Crippen LogP contribution >= 0.6 is 0 Å². The highest BCUT2D eigenvalue weighted by molar-refractivity contribution is 5.85. The van der Waals surface area contributed by atoms with Gasteiger partial charge in [0.05, 0.1) is 12.0 Å². The van der Waals surface area contributed by atoms with Gasteiger partial charge in [-0.3, -0.25) is 9.59 Å². The summed E-state index contributed by atoms with van der Waals surface area (Å²) in [6, 6.07) is 0. The Morgan fingerprint density at radius 3 is 2.74 bits per heavy atom. The number of carbonyl (C=O) groups is 2. The SMILES string of the molecule is CC(=O)[C@]12CCC3[C@H](C)C(=O)O[C@@H]3[C@@H](O)[C@@H](CC1)O2. The van der Waals surface area contributed by atoms with Crippen molar-refractivity contribution in [2.45, 2.75) is 63.4 Å². The van der Waals surface area contributed by atoms with Crippen LogP contribution in [0.25, 0.3) is 0 Å². The van der Waals surface area contributed by atoms with Crippen molar-refractivity contribution in [3.05, 3.63) is 0 Å². The molecule has 3 rings (SSSR count). The predicted molar refractivity (Wildman–Crippen MR) is 65.3 cm³/mol. The molecule has 6 atom stereocenters. The van der Waals surface area contributed by atoms with Crippen LogP contribution in [-0.2, 0) is 19.1 Å². The van der Waals surface area contributed by atoms with Gasteiger partial charge in [-0.15, -0.1) is 0 Å². The molecule has 5 heteroatoms. The lowest BCUT2D eigenvalue weighted by molar-refractivity contribution is -0.169. The number of carbonyl (C=O) groups excluding carboxylic acids is 2. The average molecular weight is 268 g/mol. The number of ether oxygens (including phenoxy) is 2. The predicted octanol–water partition coefficient (Wildman–Crippen LogP) is 0.826. The molecule has 106 valence electrons. The van der Waals surface area contributed by atoms with Gasteiger partial charge in [-0.1, -0.05) is 6.92 Å². The molecule has 0 aromatic heterocycles. The molecule has 3 aliphatic rings. The summed E-state index contributed by atoms with van der Waals surface area (Å²) in [4.78, 5) is 23.6. The van der Waals surface area contributed by atoms with Crippen molar-refractivity contribution in [2.75, 3.05) is 0 Å². The van der Waals surface area contributed by atoms with Crippen LogP contribution in [0.1, 0.15) is 39.5 Å². The van der Waals surface area contributed by atoms with Crippen LogP contribution in [-0.4, -0.2) is 40.8 Å². The Balaban J connectivity index is 1.91. The van der Waals surface area contributed by atoms with Gasteiger partial charge in [0.15, 0.2) is 5.78 Å². The molecule has 3 fully saturated rings. The molecule has 0 aromatic carbocycles. The van der Waals surface area contributed by atoms with Crippen LogP contribution in [0, 0.1) is 11.8 Å². The molecule has 2 bridgehead atoms. The standard InChI is InChI=1S/C14H20O5/c1-7-9-3-5-14(8(2)15)6-4-10(19-14)11(16)12(9)18-13(7)17/h7,9-12,16H,3-6H2,1-2H3/t7-,9?,10+,11-,12-,14-/m0/s1. The number of aliphatic hydroxyl groups excluding tert-OH is 1. The minimum atomic E-state index is -0.819. The number of hydrogen-bond donors (Lipinski definition) is 1. The van der Waals surface area contributed by atoms with Crippen LogP contribution in [0.15, 0.2) is 0 Å². The molecule has 0 amide bonds. The quantitative estimate of drug-likeness (QED) is 0.713. The van der Waals surface area contributed by atoms with E-state index >= 15 is 0 Å². The minimum Gasteiger partial charge on any atom is -0.459 e. The maximum atomic E-state index is 11.9. The number of Topliss-reactive ketones (excluding diaryl/α,β-unsaturated/α-hetero) is 1. The minimum absolute atomic E-state index is 0.00859. The second-order valence-electron chi connectivity index (χ2n) is 6.13. The summed E-state index contributed by atoms with van der Waals surface area (Å²) < 4.78 is 11.2. The van der Waals surface area contributed by atoms with E-state index in [1.807, 2.05) is 6.92 Å². The highest BCUT2D eigenvalue weighted by Crippen LogP contribution is 2.45. The van der Waals surface area contributed by atoms with E-state index < -0.39 is 23.9 Å². The van der Waals surface area contributed by atoms with Crippen LogP contribution in [0.2, 0.25) is 0 Å². The van der Waals surface area contributed by atoms with E-state index in [0.717, 1.165) is 0 Å². The fraction of sp³-hybridized carbons (Fsp3) is 0.857. The first kappa shape index (κ1) is 13.1. The number of hydrogen-bond acceptors (Lipinski definition) is 5. The highest BCUT2D eigenvalue weighted by Gasteiger charge is 2.55. The third-order valence-corrected chi connectivity index (χ3v) is 5.14. The van der Waals surface area contributed by atoms with Gasteiger partial charge in [0.25, 0.3) is 0 Å². The zero-order chi connectivity index (χ0) is 13.8. The largest absolute Gasteiger partial charge is 0.459 e. The maximum Gasteiger partial charge on any atom is 0.309 e. The summed E-state index contributed by atoms with van der Waals surface area (Å²) in [5.41, 5.74) is -0.748. The molecule has 1 unspecified atom stereocenters. The smallest absolute Gasteiger partial charge is 0.309 e. The molecule has 3 aliphatic heterocycles. The fourth-order valence-corrected chi connectivity index (χ4v) is 3.78. The second kappa shape index (κ2) is 4.28. The van der Waals surface area contributed by atoms with Crippen molar-refractivity contribution < 1.29 is 24.2 Å². The summed E-state index contributed by atoms with van der Waals surface area (Å²) in [7, 11) is 0. The molecule has 0 radical (unpaired) electrons. The van der Waals surface area contributed by atoms with Gasteiger partial charge in [0.1, 0.15) is 17.8 Å². The fourth-order valence-electron chi connectivity index (χ4n) is 3.78. The van der Waals surface area contributed by atoms with Gasteiger partial charge in [-0.25, -0.2) is 0 Å². The van der Waals surface area contributed by atoms with E-state index in [-0.39, 0.29) is 23.6 Å². The number of fused-ring (bicyclic) bond motifs is 3. The number of rotatable bonds is 1. The second-order valence-corrected chi connectivity index (χ2v) is 6.13. The van der Waals surface area contributed by atoms with Crippen LogP contribution in [0.5, 0.6) is 0 Å². The summed E-state index contributed by atoms with van der Waals surface area (Å²) in [5, 5.41) is 10.4. The molecular formula is C14H20O5. The van der Waals surface area contributed by atoms with Crippen LogP contribution < -0.4 is 0 Å². The molecule has 0 aliphatic carbocycles.